The number of pyridine rings is 1. The van der Waals surface area contributed by atoms with E-state index >= 15 is 0 Å². The molecule has 102 valence electrons. The molecule has 0 aliphatic carbocycles. The molecule has 2 rings (SSSR count). The van der Waals surface area contributed by atoms with E-state index in [9.17, 15) is 9.59 Å². The zero-order valence-corrected chi connectivity index (χ0v) is 11.3. The molecule has 0 atom stereocenters. The van der Waals surface area contributed by atoms with Gasteiger partial charge >= 0.3 is 0 Å². The Kier molecular flexibility index (Phi) is 5.07. The molecule has 0 unspecified atom stereocenters. The minimum Gasteiger partial charge on any atom is -0.342 e. The van der Waals surface area contributed by atoms with Gasteiger partial charge in [-0.1, -0.05) is 6.07 Å². The van der Waals surface area contributed by atoms with Crippen LogP contribution in [-0.4, -0.2) is 29.7 Å². The molecule has 1 aliphatic heterocycles. The van der Waals surface area contributed by atoms with Crippen molar-refractivity contribution in [1.82, 2.24) is 4.90 Å². The number of Topliss-reactive ketones (excluding diaryl/α,β-unsaturated/α-hetero) is 1. The van der Waals surface area contributed by atoms with E-state index < -0.39 is 0 Å². The Balaban J connectivity index is 1.63. The quantitative estimate of drug-likeness (QED) is 0.593. The third-order valence-corrected chi connectivity index (χ3v) is 3.51. The fraction of sp³-hybridized carbons (Fsp3) is 0.533. The van der Waals surface area contributed by atoms with E-state index in [2.05, 4.69) is 4.57 Å². The molecule has 4 heteroatoms. The van der Waals surface area contributed by atoms with Gasteiger partial charge in [0.1, 0.15) is 12.3 Å². The molecule has 1 aliphatic rings. The summed E-state index contributed by atoms with van der Waals surface area (Å²) in [5, 5.41) is 0. The molecular weight excluding hydrogens is 240 g/mol. The van der Waals surface area contributed by atoms with Crippen molar-refractivity contribution in [3.8, 4) is 0 Å². The zero-order valence-electron chi connectivity index (χ0n) is 11.3. The number of aryl methyl sites for hydroxylation is 1. The van der Waals surface area contributed by atoms with Gasteiger partial charge < -0.3 is 4.90 Å². The number of hydrogen-bond acceptors (Lipinski definition) is 2. The van der Waals surface area contributed by atoms with Crippen LogP contribution in [0.1, 0.15) is 32.1 Å². The average Bonchev–Trinajstić information content (AvgIpc) is 2.45. The summed E-state index contributed by atoms with van der Waals surface area (Å²) in [6, 6.07) is 6.02. The van der Waals surface area contributed by atoms with E-state index in [0.717, 1.165) is 19.4 Å². The number of carbonyl (C=O) groups is 2. The summed E-state index contributed by atoms with van der Waals surface area (Å²) in [6.07, 6.45) is 7.66. The van der Waals surface area contributed by atoms with Crippen LogP contribution in [0.4, 0.5) is 0 Å². The van der Waals surface area contributed by atoms with Crippen molar-refractivity contribution in [1.29, 1.82) is 0 Å². The Morgan fingerprint density at radius 3 is 2.47 bits per heavy atom. The van der Waals surface area contributed by atoms with Gasteiger partial charge in [-0.2, -0.15) is 0 Å². The van der Waals surface area contributed by atoms with E-state index in [1.165, 1.54) is 0 Å². The van der Waals surface area contributed by atoms with E-state index in [1.807, 2.05) is 35.5 Å². The topological polar surface area (TPSA) is 41.3 Å². The SMILES string of the molecule is O=C1CCN(C(=O)CCCC[n+]2ccccc2)CC1. The van der Waals surface area contributed by atoms with Crippen LogP contribution < -0.4 is 4.57 Å². The van der Waals surface area contributed by atoms with Crippen molar-refractivity contribution >= 4 is 11.7 Å². The van der Waals surface area contributed by atoms with Crippen molar-refractivity contribution < 1.29 is 14.2 Å². The van der Waals surface area contributed by atoms with Crippen molar-refractivity contribution in [2.24, 2.45) is 0 Å². The number of likely N-dealkylation sites (tertiary alicyclic amines) is 1. The minimum absolute atomic E-state index is 0.200. The molecule has 1 amide bonds. The molecular formula is C15H21N2O2+. The molecule has 0 aromatic carbocycles. The lowest BCUT2D eigenvalue weighted by atomic mass is 10.1. The predicted molar refractivity (Wildman–Crippen MR) is 71.3 cm³/mol. The Bertz CT molecular complexity index is 421. The summed E-state index contributed by atoms with van der Waals surface area (Å²) >= 11 is 0. The van der Waals surface area contributed by atoms with Crippen LogP contribution in [-0.2, 0) is 16.1 Å². The normalized spacial score (nSPS) is 15.6. The Labute approximate surface area is 114 Å². The molecule has 0 bridgehead atoms. The first kappa shape index (κ1) is 13.7. The van der Waals surface area contributed by atoms with Gasteiger partial charge in [0.2, 0.25) is 5.91 Å². The van der Waals surface area contributed by atoms with Crippen molar-refractivity contribution in [2.45, 2.75) is 38.6 Å². The van der Waals surface area contributed by atoms with E-state index in [-0.39, 0.29) is 11.7 Å². The predicted octanol–water partition coefficient (Wildman–Crippen LogP) is 1.34. The summed E-state index contributed by atoms with van der Waals surface area (Å²) in [4.78, 5) is 24.9. The second-order valence-corrected chi connectivity index (χ2v) is 4.99. The fourth-order valence-corrected chi connectivity index (χ4v) is 2.32. The van der Waals surface area contributed by atoms with E-state index in [1.54, 1.807) is 0 Å². The second kappa shape index (κ2) is 7.02. The van der Waals surface area contributed by atoms with Crippen LogP contribution in [0, 0.1) is 0 Å². The Morgan fingerprint density at radius 2 is 1.79 bits per heavy atom. The smallest absolute Gasteiger partial charge is 0.222 e. The molecule has 0 saturated carbocycles. The van der Waals surface area contributed by atoms with Crippen molar-refractivity contribution in [2.75, 3.05) is 13.1 Å². The van der Waals surface area contributed by atoms with Gasteiger partial charge in [-0.3, -0.25) is 9.59 Å². The number of ketones is 1. The van der Waals surface area contributed by atoms with Crippen LogP contribution in [0.15, 0.2) is 30.6 Å². The molecule has 1 aromatic heterocycles. The van der Waals surface area contributed by atoms with E-state index in [4.69, 9.17) is 0 Å². The third kappa shape index (κ3) is 4.47. The first-order valence-electron chi connectivity index (χ1n) is 6.99. The van der Waals surface area contributed by atoms with Gasteiger partial charge in [0.25, 0.3) is 0 Å². The molecule has 0 radical (unpaired) electrons. The molecule has 4 nitrogen and oxygen atoms in total. The number of nitrogens with zero attached hydrogens (tertiary/aromatic N) is 2. The fourth-order valence-electron chi connectivity index (χ4n) is 2.32. The van der Waals surface area contributed by atoms with Crippen LogP contribution in [0.5, 0.6) is 0 Å². The highest BCUT2D eigenvalue weighted by Crippen LogP contribution is 2.09. The lowest BCUT2D eigenvalue weighted by molar-refractivity contribution is -0.697. The van der Waals surface area contributed by atoms with Gasteiger partial charge in [-0.15, -0.1) is 0 Å². The monoisotopic (exact) mass is 261 g/mol. The third-order valence-electron chi connectivity index (χ3n) is 3.51. The molecule has 0 N–H and O–H groups in total. The van der Waals surface area contributed by atoms with Crippen molar-refractivity contribution in [3.05, 3.63) is 30.6 Å². The van der Waals surface area contributed by atoms with Crippen LogP contribution >= 0.6 is 0 Å². The lowest BCUT2D eigenvalue weighted by Gasteiger charge is -2.25. The number of carbonyl (C=O) groups excluding carboxylic acids is 2. The lowest BCUT2D eigenvalue weighted by Crippen LogP contribution is -2.38. The molecule has 0 spiro atoms. The van der Waals surface area contributed by atoms with Gasteiger partial charge in [0.15, 0.2) is 12.4 Å². The average molecular weight is 261 g/mol. The molecule has 1 fully saturated rings. The second-order valence-electron chi connectivity index (χ2n) is 4.99. The summed E-state index contributed by atoms with van der Waals surface area (Å²) in [7, 11) is 0. The summed E-state index contributed by atoms with van der Waals surface area (Å²) in [5.41, 5.74) is 0. The van der Waals surface area contributed by atoms with Crippen LogP contribution in [0.25, 0.3) is 0 Å². The molecule has 1 aromatic rings. The summed E-state index contributed by atoms with van der Waals surface area (Å²) in [5.74, 6) is 0.482. The van der Waals surface area contributed by atoms with Gasteiger partial charge in [-0.05, 0) is 6.42 Å². The van der Waals surface area contributed by atoms with Gasteiger partial charge in [0, 0.05) is 50.9 Å². The van der Waals surface area contributed by atoms with Crippen molar-refractivity contribution in [3.63, 3.8) is 0 Å². The highest BCUT2D eigenvalue weighted by atomic mass is 16.2. The largest absolute Gasteiger partial charge is 0.342 e. The first-order valence-corrected chi connectivity index (χ1v) is 6.99. The number of piperidine rings is 1. The first-order chi connectivity index (χ1) is 9.25. The zero-order chi connectivity index (χ0) is 13.5. The molecule has 1 saturated heterocycles. The summed E-state index contributed by atoms with van der Waals surface area (Å²) in [6.45, 7) is 2.18. The maximum Gasteiger partial charge on any atom is 0.222 e. The number of hydrogen-bond donors (Lipinski definition) is 0. The van der Waals surface area contributed by atoms with Crippen LogP contribution in [0.2, 0.25) is 0 Å². The number of amides is 1. The Morgan fingerprint density at radius 1 is 1.11 bits per heavy atom. The number of unbranched alkanes of at least 4 members (excludes halogenated alkanes) is 1. The summed E-state index contributed by atoms with van der Waals surface area (Å²) < 4.78 is 2.13. The highest BCUT2D eigenvalue weighted by molar-refractivity contribution is 5.83. The van der Waals surface area contributed by atoms with E-state index in [0.29, 0.717) is 32.4 Å². The molecule has 2 heterocycles. The van der Waals surface area contributed by atoms with Gasteiger partial charge in [0.05, 0.1) is 0 Å². The minimum atomic E-state index is 0.200. The molecule has 19 heavy (non-hydrogen) atoms. The highest BCUT2D eigenvalue weighted by Gasteiger charge is 2.20. The Hall–Kier alpha value is -1.71. The number of aromatic nitrogens is 1. The van der Waals surface area contributed by atoms with Gasteiger partial charge in [-0.25, -0.2) is 4.57 Å². The maximum atomic E-state index is 11.9. The maximum absolute atomic E-state index is 11.9. The van der Waals surface area contributed by atoms with Crippen LogP contribution in [0.3, 0.4) is 0 Å². The number of rotatable bonds is 5. The standard InChI is InChI=1S/C15H21N2O2/c18-14-7-12-17(13-8-14)15(19)6-2-5-11-16-9-3-1-4-10-16/h1,3-4,9-10H,2,5-8,11-13H2/q+1.